The number of unbranched alkanes of at least 4 members (excludes halogenated alkanes) is 1. The molecule has 1 aromatic heterocycles. The van der Waals surface area contributed by atoms with E-state index in [9.17, 15) is 28.8 Å². The van der Waals surface area contributed by atoms with Crippen molar-refractivity contribution >= 4 is 42.1 Å². The van der Waals surface area contributed by atoms with E-state index in [-0.39, 0.29) is 37.4 Å². The minimum atomic E-state index is -1.44. The second-order valence-electron chi connectivity index (χ2n) is 8.68. The van der Waals surface area contributed by atoms with Crippen molar-refractivity contribution in [3.63, 3.8) is 0 Å². The van der Waals surface area contributed by atoms with Gasteiger partial charge in [0.25, 0.3) is 18.3 Å². The number of pyridine rings is 1. The van der Waals surface area contributed by atoms with Crippen molar-refractivity contribution in [3.05, 3.63) is 59.3 Å². The third kappa shape index (κ3) is 11.7. The molecule has 15 heteroatoms. The summed E-state index contributed by atoms with van der Waals surface area (Å²) in [7, 11) is 0. The maximum absolute atomic E-state index is 12.5. The van der Waals surface area contributed by atoms with E-state index in [1.807, 2.05) is 0 Å². The van der Waals surface area contributed by atoms with E-state index in [0.717, 1.165) is 5.56 Å². The number of nitrogens with zero attached hydrogens (tertiary/aromatic N) is 1. The molecule has 1 heterocycles. The number of aliphatic carboxylic acids is 2. The van der Waals surface area contributed by atoms with Gasteiger partial charge in [0.05, 0.1) is 0 Å². The van der Waals surface area contributed by atoms with Crippen LogP contribution in [-0.2, 0) is 25.7 Å². The van der Waals surface area contributed by atoms with E-state index in [2.05, 4.69) is 26.3 Å². The minimum absolute atomic E-state index is 0.0812. The SMILES string of the molecule is NCc1ccc(C(=O)Nc2cccc(C(=O)NCCCC[C@H](NC(=O)N[C@@H](CCC(=O)O)C(=O)O)OC=O)n2)cc1. The van der Waals surface area contributed by atoms with Gasteiger partial charge in [0, 0.05) is 31.5 Å². The summed E-state index contributed by atoms with van der Waals surface area (Å²) in [5, 5.41) is 27.6. The van der Waals surface area contributed by atoms with E-state index < -0.39 is 48.5 Å². The van der Waals surface area contributed by atoms with Gasteiger partial charge < -0.3 is 42.0 Å². The lowest BCUT2D eigenvalue weighted by Crippen LogP contribution is -2.49. The summed E-state index contributed by atoms with van der Waals surface area (Å²) in [6.07, 6.45) is -0.891. The van der Waals surface area contributed by atoms with Crippen LogP contribution in [0, 0.1) is 0 Å². The fourth-order valence-electron chi connectivity index (χ4n) is 3.47. The van der Waals surface area contributed by atoms with Gasteiger partial charge in [-0.15, -0.1) is 0 Å². The first-order chi connectivity index (χ1) is 19.6. The molecule has 0 spiro atoms. The van der Waals surface area contributed by atoms with Crippen molar-refractivity contribution in [2.24, 2.45) is 5.73 Å². The Kier molecular flexibility index (Phi) is 13.2. The van der Waals surface area contributed by atoms with Crippen molar-refractivity contribution in [2.45, 2.75) is 50.9 Å². The number of nitrogens with one attached hydrogen (secondary N) is 4. The number of hydrogen-bond donors (Lipinski definition) is 7. The molecule has 2 atom stereocenters. The van der Waals surface area contributed by atoms with Gasteiger partial charge >= 0.3 is 18.0 Å². The molecule has 0 bridgehead atoms. The van der Waals surface area contributed by atoms with Crippen LogP contribution in [0.1, 0.15) is 58.5 Å². The summed E-state index contributed by atoms with van der Waals surface area (Å²) in [6, 6.07) is 8.96. The minimum Gasteiger partial charge on any atom is -0.481 e. The lowest BCUT2D eigenvalue weighted by Gasteiger charge is -2.19. The Balaban J connectivity index is 1.78. The summed E-state index contributed by atoms with van der Waals surface area (Å²) in [6.45, 7) is 0.702. The normalized spacial score (nSPS) is 11.8. The summed E-state index contributed by atoms with van der Waals surface area (Å²) in [4.78, 5) is 73.9. The smallest absolute Gasteiger partial charge is 0.326 e. The number of carbonyl (C=O) groups excluding carboxylic acids is 4. The van der Waals surface area contributed by atoms with Gasteiger partial charge in [0.1, 0.15) is 17.6 Å². The highest BCUT2D eigenvalue weighted by Gasteiger charge is 2.22. The first-order valence-electron chi connectivity index (χ1n) is 12.6. The van der Waals surface area contributed by atoms with Gasteiger partial charge in [-0.2, -0.15) is 0 Å². The lowest BCUT2D eigenvalue weighted by molar-refractivity contribution is -0.141. The molecule has 15 nitrogen and oxygen atoms in total. The highest BCUT2D eigenvalue weighted by atomic mass is 16.5. The molecule has 0 unspecified atom stereocenters. The molecule has 0 saturated heterocycles. The number of urea groups is 1. The zero-order valence-electron chi connectivity index (χ0n) is 22.0. The number of carbonyl (C=O) groups is 6. The predicted molar refractivity (Wildman–Crippen MR) is 144 cm³/mol. The topological polar surface area (TPSA) is 239 Å². The molecule has 0 aliphatic rings. The van der Waals surface area contributed by atoms with Gasteiger partial charge in [0.15, 0.2) is 6.23 Å². The average molecular weight is 573 g/mol. The monoisotopic (exact) mass is 572 g/mol. The van der Waals surface area contributed by atoms with Gasteiger partial charge in [0.2, 0.25) is 0 Å². The number of rotatable bonds is 17. The van der Waals surface area contributed by atoms with Crippen LogP contribution in [-0.4, -0.2) is 70.3 Å². The third-order valence-corrected chi connectivity index (χ3v) is 5.62. The van der Waals surface area contributed by atoms with Crippen LogP contribution in [0.25, 0.3) is 0 Å². The van der Waals surface area contributed by atoms with E-state index in [1.54, 1.807) is 36.4 Å². The molecule has 41 heavy (non-hydrogen) atoms. The number of amides is 4. The number of aromatic nitrogens is 1. The number of carboxylic acids is 2. The van der Waals surface area contributed by atoms with Crippen LogP contribution in [0.15, 0.2) is 42.5 Å². The van der Waals surface area contributed by atoms with Crippen molar-refractivity contribution in [1.82, 2.24) is 20.9 Å². The maximum atomic E-state index is 12.5. The van der Waals surface area contributed by atoms with Crippen LogP contribution >= 0.6 is 0 Å². The second-order valence-corrected chi connectivity index (χ2v) is 8.68. The first kappa shape index (κ1) is 32.2. The molecule has 4 amide bonds. The maximum Gasteiger partial charge on any atom is 0.326 e. The molecule has 2 aromatic rings. The Morgan fingerprint density at radius 2 is 1.68 bits per heavy atom. The van der Waals surface area contributed by atoms with E-state index in [0.29, 0.717) is 24.9 Å². The average Bonchev–Trinajstić information content (AvgIpc) is 2.94. The Hall–Kier alpha value is -5.05. The van der Waals surface area contributed by atoms with E-state index in [4.69, 9.17) is 20.7 Å². The van der Waals surface area contributed by atoms with Crippen molar-refractivity contribution in [2.75, 3.05) is 11.9 Å². The quantitative estimate of drug-likeness (QED) is 0.0795. The van der Waals surface area contributed by atoms with Gasteiger partial charge in [-0.3, -0.25) is 19.2 Å². The molecule has 0 saturated carbocycles. The van der Waals surface area contributed by atoms with Crippen molar-refractivity contribution in [3.8, 4) is 0 Å². The van der Waals surface area contributed by atoms with Crippen molar-refractivity contribution in [1.29, 1.82) is 0 Å². The number of anilines is 1. The fourth-order valence-corrected chi connectivity index (χ4v) is 3.47. The zero-order chi connectivity index (χ0) is 30.2. The van der Waals surface area contributed by atoms with Crippen LogP contribution in [0.3, 0.4) is 0 Å². The molecule has 1 aromatic carbocycles. The van der Waals surface area contributed by atoms with Crippen LogP contribution < -0.4 is 27.0 Å². The number of benzene rings is 1. The molecule has 220 valence electrons. The number of ether oxygens (including phenoxy) is 1. The summed E-state index contributed by atoms with van der Waals surface area (Å²) in [5.74, 6) is -3.31. The Bertz CT molecular complexity index is 1220. The molecule has 0 fully saturated rings. The highest BCUT2D eigenvalue weighted by molar-refractivity contribution is 6.04. The molecule has 2 rings (SSSR count). The van der Waals surface area contributed by atoms with Crippen LogP contribution in [0.4, 0.5) is 10.6 Å². The summed E-state index contributed by atoms with van der Waals surface area (Å²) in [5.41, 5.74) is 6.93. The van der Waals surface area contributed by atoms with Crippen LogP contribution in [0.5, 0.6) is 0 Å². The first-order valence-corrected chi connectivity index (χ1v) is 12.6. The third-order valence-electron chi connectivity index (χ3n) is 5.62. The molecular weight excluding hydrogens is 540 g/mol. The van der Waals surface area contributed by atoms with Gasteiger partial charge in [-0.05, 0) is 49.1 Å². The number of hydrogen-bond acceptors (Lipinski definition) is 9. The molecule has 8 N–H and O–H groups in total. The number of carboxylic acid groups (broad SMARTS) is 2. The Morgan fingerprint density at radius 3 is 2.32 bits per heavy atom. The zero-order valence-corrected chi connectivity index (χ0v) is 22.0. The molecule has 0 radical (unpaired) electrons. The Labute approximate surface area is 234 Å². The molecular formula is C26H32N6O9. The lowest BCUT2D eigenvalue weighted by atomic mass is 10.1. The second kappa shape index (κ2) is 16.8. The van der Waals surface area contributed by atoms with Gasteiger partial charge in [-0.25, -0.2) is 14.6 Å². The Morgan fingerprint density at radius 1 is 0.951 bits per heavy atom. The summed E-state index contributed by atoms with van der Waals surface area (Å²) >= 11 is 0. The van der Waals surface area contributed by atoms with Crippen LogP contribution in [0.2, 0.25) is 0 Å². The molecule has 0 aliphatic carbocycles. The highest BCUT2D eigenvalue weighted by Crippen LogP contribution is 2.10. The number of nitrogens with two attached hydrogens (primary N) is 1. The van der Waals surface area contributed by atoms with Gasteiger partial charge in [-0.1, -0.05) is 18.2 Å². The fraction of sp³-hybridized carbons (Fsp3) is 0.346. The predicted octanol–water partition coefficient (Wildman–Crippen LogP) is 0.809. The van der Waals surface area contributed by atoms with Crippen molar-refractivity contribution < 1.29 is 43.7 Å². The summed E-state index contributed by atoms with van der Waals surface area (Å²) < 4.78 is 4.81. The van der Waals surface area contributed by atoms with E-state index >= 15 is 0 Å². The largest absolute Gasteiger partial charge is 0.481 e. The van der Waals surface area contributed by atoms with E-state index in [1.165, 1.54) is 6.07 Å². The molecule has 0 aliphatic heterocycles. The standard InChI is InChI=1S/C26H32N6O9/c27-14-16-7-9-17(10-8-16)23(36)31-20-5-3-4-18(29-20)24(37)28-13-2-1-6-21(41-15-33)32-26(40)30-19(25(38)39)11-12-22(34)35/h3-5,7-10,15,19,21H,1-2,6,11-14,27H2,(H,28,37)(H,34,35)(H,38,39)(H,29,31,36)(H2,30,32,40)/t19-,21+/m0/s1.